The van der Waals surface area contributed by atoms with Crippen LogP contribution in [-0.4, -0.2) is 22.4 Å². The molecule has 0 spiro atoms. The highest BCUT2D eigenvalue weighted by Crippen LogP contribution is 2.09. The molecule has 0 fully saturated rings. The van der Waals surface area contributed by atoms with Crippen LogP contribution in [0.5, 0.6) is 0 Å². The van der Waals surface area contributed by atoms with E-state index in [0.29, 0.717) is 17.1 Å². The first-order valence-corrected chi connectivity index (χ1v) is 7.44. The van der Waals surface area contributed by atoms with Gasteiger partial charge in [0.05, 0.1) is 5.01 Å². The smallest absolute Gasteiger partial charge is 0.251 e. The highest BCUT2D eigenvalue weighted by molar-refractivity contribution is 7.80. The van der Waals surface area contributed by atoms with Crippen molar-refractivity contribution in [2.75, 3.05) is 6.54 Å². The lowest BCUT2D eigenvalue weighted by atomic mass is 10.1. The minimum absolute atomic E-state index is 0.104. The maximum absolute atomic E-state index is 11.9. The number of aromatic nitrogens is 1. The zero-order chi connectivity index (χ0) is 14.5. The van der Waals surface area contributed by atoms with Gasteiger partial charge in [-0.05, 0) is 19.1 Å². The molecule has 2 aromatic rings. The summed E-state index contributed by atoms with van der Waals surface area (Å²) in [6, 6.07) is 6.94. The molecular weight excluding hydrogens is 290 g/mol. The summed E-state index contributed by atoms with van der Waals surface area (Å²) in [5.74, 6) is -0.104. The van der Waals surface area contributed by atoms with Crippen molar-refractivity contribution >= 4 is 34.5 Å². The summed E-state index contributed by atoms with van der Waals surface area (Å²) < 4.78 is 0. The summed E-state index contributed by atoms with van der Waals surface area (Å²) in [5, 5.41) is 5.91. The highest BCUT2D eigenvalue weighted by atomic mass is 32.1. The van der Waals surface area contributed by atoms with Gasteiger partial charge in [-0.2, -0.15) is 0 Å². The molecule has 0 atom stereocenters. The van der Waals surface area contributed by atoms with E-state index in [0.717, 1.165) is 22.7 Å². The van der Waals surface area contributed by atoms with E-state index in [4.69, 9.17) is 18.0 Å². The van der Waals surface area contributed by atoms with Gasteiger partial charge in [0.25, 0.3) is 5.91 Å². The third-order valence-electron chi connectivity index (χ3n) is 2.72. The molecule has 20 heavy (non-hydrogen) atoms. The topological polar surface area (TPSA) is 68.0 Å². The molecule has 1 amide bonds. The van der Waals surface area contributed by atoms with Gasteiger partial charge in [-0.1, -0.05) is 24.4 Å². The summed E-state index contributed by atoms with van der Waals surface area (Å²) in [7, 11) is 0. The fourth-order valence-corrected chi connectivity index (χ4v) is 2.60. The summed E-state index contributed by atoms with van der Waals surface area (Å²) in [6.45, 7) is 2.53. The Hall–Kier alpha value is -1.79. The maximum Gasteiger partial charge on any atom is 0.251 e. The van der Waals surface area contributed by atoms with E-state index < -0.39 is 0 Å². The first-order chi connectivity index (χ1) is 9.56. The average Bonchev–Trinajstić information content (AvgIpc) is 2.84. The molecule has 1 aromatic carbocycles. The van der Waals surface area contributed by atoms with E-state index in [1.54, 1.807) is 35.6 Å². The molecule has 0 aliphatic rings. The normalized spacial score (nSPS) is 10.2. The Labute approximate surface area is 127 Å². The molecule has 1 aromatic heterocycles. The van der Waals surface area contributed by atoms with Crippen molar-refractivity contribution in [3.8, 4) is 0 Å². The number of rotatable bonds is 5. The van der Waals surface area contributed by atoms with Gasteiger partial charge < -0.3 is 11.1 Å². The van der Waals surface area contributed by atoms with Crippen LogP contribution in [0.3, 0.4) is 0 Å². The summed E-state index contributed by atoms with van der Waals surface area (Å²) in [6.07, 6.45) is 0.745. The van der Waals surface area contributed by atoms with Crippen molar-refractivity contribution in [3.05, 3.63) is 51.5 Å². The Morgan fingerprint density at radius 3 is 2.55 bits per heavy atom. The molecule has 0 aliphatic carbocycles. The number of carbonyl (C=O) groups is 1. The van der Waals surface area contributed by atoms with E-state index in [1.165, 1.54) is 0 Å². The van der Waals surface area contributed by atoms with Crippen molar-refractivity contribution in [3.63, 3.8) is 0 Å². The van der Waals surface area contributed by atoms with Crippen molar-refractivity contribution in [1.29, 1.82) is 0 Å². The third-order valence-corrected chi connectivity index (χ3v) is 3.98. The summed E-state index contributed by atoms with van der Waals surface area (Å²) in [4.78, 5) is 16.6. The second-order valence-electron chi connectivity index (χ2n) is 4.33. The second kappa shape index (κ2) is 6.58. The molecule has 1 heterocycles. The van der Waals surface area contributed by atoms with Gasteiger partial charge in [0.15, 0.2) is 0 Å². The first kappa shape index (κ1) is 14.6. The molecule has 104 valence electrons. The lowest BCUT2D eigenvalue weighted by molar-refractivity contribution is 0.0954. The van der Waals surface area contributed by atoms with Crippen molar-refractivity contribution in [2.45, 2.75) is 13.3 Å². The Bertz CT molecular complexity index is 620. The fraction of sp³-hybridized carbons (Fsp3) is 0.214. The van der Waals surface area contributed by atoms with E-state index in [-0.39, 0.29) is 5.91 Å². The number of thiocarbonyl (C=S) groups is 1. The first-order valence-electron chi connectivity index (χ1n) is 6.15. The predicted molar refractivity (Wildman–Crippen MR) is 85.2 cm³/mol. The minimum Gasteiger partial charge on any atom is -0.389 e. The van der Waals surface area contributed by atoms with E-state index >= 15 is 0 Å². The van der Waals surface area contributed by atoms with Gasteiger partial charge in [-0.15, -0.1) is 11.3 Å². The quantitative estimate of drug-likeness (QED) is 0.830. The number of benzene rings is 1. The van der Waals surface area contributed by atoms with Crippen LogP contribution in [0.2, 0.25) is 0 Å². The Kier molecular flexibility index (Phi) is 4.81. The van der Waals surface area contributed by atoms with Gasteiger partial charge in [0.2, 0.25) is 0 Å². The van der Waals surface area contributed by atoms with Crippen molar-refractivity contribution < 1.29 is 4.79 Å². The molecule has 0 saturated carbocycles. The Morgan fingerprint density at radius 1 is 1.35 bits per heavy atom. The Balaban J connectivity index is 1.86. The van der Waals surface area contributed by atoms with Crippen LogP contribution in [0.4, 0.5) is 0 Å². The van der Waals surface area contributed by atoms with Crippen LogP contribution in [-0.2, 0) is 6.42 Å². The standard InChI is InChI=1S/C14H15N3OS2/c1-9-8-20-12(17-9)6-7-16-14(18)11-4-2-10(3-5-11)13(15)19/h2-5,8H,6-7H2,1H3,(H2,15,19)(H,16,18). The number of hydrogen-bond acceptors (Lipinski definition) is 4. The number of aryl methyl sites for hydroxylation is 1. The summed E-state index contributed by atoms with van der Waals surface area (Å²) in [5.41, 5.74) is 7.89. The zero-order valence-corrected chi connectivity index (χ0v) is 12.7. The van der Waals surface area contributed by atoms with Crippen LogP contribution in [0.1, 0.15) is 26.6 Å². The number of nitrogens with one attached hydrogen (secondary N) is 1. The van der Waals surface area contributed by atoms with Gasteiger partial charge in [0.1, 0.15) is 4.99 Å². The van der Waals surface area contributed by atoms with Crippen LogP contribution in [0, 0.1) is 6.92 Å². The predicted octanol–water partition coefficient (Wildman–Crippen LogP) is 2.06. The van der Waals surface area contributed by atoms with Crippen LogP contribution in [0.15, 0.2) is 29.6 Å². The molecule has 0 saturated heterocycles. The van der Waals surface area contributed by atoms with Crippen LogP contribution < -0.4 is 11.1 Å². The van der Waals surface area contributed by atoms with Crippen molar-refractivity contribution in [2.24, 2.45) is 5.73 Å². The fourth-order valence-electron chi connectivity index (χ4n) is 1.69. The number of nitrogens with zero attached hydrogens (tertiary/aromatic N) is 1. The number of amides is 1. The number of thiazole rings is 1. The maximum atomic E-state index is 11.9. The van der Waals surface area contributed by atoms with Gasteiger partial charge in [-0.25, -0.2) is 4.98 Å². The lowest BCUT2D eigenvalue weighted by Crippen LogP contribution is -2.25. The van der Waals surface area contributed by atoms with E-state index in [9.17, 15) is 4.79 Å². The SMILES string of the molecule is Cc1csc(CCNC(=O)c2ccc(C(N)=S)cc2)n1. The molecule has 0 bridgehead atoms. The molecule has 4 nitrogen and oxygen atoms in total. The van der Waals surface area contributed by atoms with Crippen LogP contribution in [0.25, 0.3) is 0 Å². The monoisotopic (exact) mass is 305 g/mol. The van der Waals surface area contributed by atoms with E-state index in [2.05, 4.69) is 10.3 Å². The van der Waals surface area contributed by atoms with Crippen molar-refractivity contribution in [1.82, 2.24) is 10.3 Å². The molecule has 2 rings (SSSR count). The minimum atomic E-state index is -0.104. The Morgan fingerprint density at radius 2 is 2.00 bits per heavy atom. The highest BCUT2D eigenvalue weighted by Gasteiger charge is 2.06. The number of carbonyl (C=O) groups excluding carboxylic acids is 1. The molecule has 3 N–H and O–H groups in total. The largest absolute Gasteiger partial charge is 0.389 e. The van der Waals surface area contributed by atoms with Crippen LogP contribution >= 0.6 is 23.6 Å². The molecule has 0 aliphatic heterocycles. The second-order valence-corrected chi connectivity index (χ2v) is 5.71. The summed E-state index contributed by atoms with van der Waals surface area (Å²) >= 11 is 6.48. The molecule has 0 unspecified atom stereocenters. The third kappa shape index (κ3) is 3.85. The van der Waals surface area contributed by atoms with Gasteiger partial charge >= 0.3 is 0 Å². The van der Waals surface area contributed by atoms with Gasteiger partial charge in [0, 0.05) is 35.2 Å². The van der Waals surface area contributed by atoms with Gasteiger partial charge in [-0.3, -0.25) is 4.79 Å². The number of nitrogens with two attached hydrogens (primary N) is 1. The lowest BCUT2D eigenvalue weighted by Gasteiger charge is -2.05. The number of hydrogen-bond donors (Lipinski definition) is 2. The molecule has 0 radical (unpaired) electrons. The van der Waals surface area contributed by atoms with E-state index in [1.807, 2.05) is 12.3 Å². The zero-order valence-electron chi connectivity index (χ0n) is 11.1. The average molecular weight is 305 g/mol. The molecular formula is C14H15N3OS2. The molecule has 6 heteroatoms.